The Balaban J connectivity index is 1.71. The molecule has 10 heteroatoms. The summed E-state index contributed by atoms with van der Waals surface area (Å²) in [5, 5.41) is 15.4. The van der Waals surface area contributed by atoms with Gasteiger partial charge in [0.25, 0.3) is 5.91 Å². The molecule has 0 radical (unpaired) electrons. The number of rotatable bonds is 12. The van der Waals surface area contributed by atoms with Crippen molar-refractivity contribution in [1.82, 2.24) is 20.1 Å². The quantitative estimate of drug-likeness (QED) is 0.342. The van der Waals surface area contributed by atoms with Crippen molar-refractivity contribution in [3.05, 3.63) is 65.5 Å². The van der Waals surface area contributed by atoms with E-state index in [2.05, 4.69) is 20.8 Å². The number of amides is 2. The number of anilines is 1. The standard InChI is InChI=1S/C25H31N5O3S2/c1-5-30-23(21(14-15-34-4)27-24(32)18-10-12-19(33-3)13-11-18)28-29-25(30)35-16-22(31)26-20-9-7-6-8-17(20)2/h6-13,21H,5,14-16H2,1-4H3,(H,26,31)(H,27,32)/t21-/m0/s1. The second-order valence-corrected chi connectivity index (χ2v) is 9.70. The van der Waals surface area contributed by atoms with Crippen LogP contribution in [-0.2, 0) is 11.3 Å². The van der Waals surface area contributed by atoms with Gasteiger partial charge in [0, 0.05) is 17.8 Å². The van der Waals surface area contributed by atoms with Crippen molar-refractivity contribution in [1.29, 1.82) is 0 Å². The van der Waals surface area contributed by atoms with Crippen LogP contribution in [0.25, 0.3) is 0 Å². The van der Waals surface area contributed by atoms with E-state index in [4.69, 9.17) is 4.74 Å². The van der Waals surface area contributed by atoms with Crippen molar-refractivity contribution in [3.63, 3.8) is 0 Å². The molecule has 1 heterocycles. The van der Waals surface area contributed by atoms with Crippen LogP contribution in [0, 0.1) is 6.92 Å². The fourth-order valence-corrected chi connectivity index (χ4v) is 4.76. The fourth-order valence-electron chi connectivity index (χ4n) is 3.48. The van der Waals surface area contributed by atoms with Crippen molar-refractivity contribution in [3.8, 4) is 5.75 Å². The first kappa shape index (κ1) is 26.6. The van der Waals surface area contributed by atoms with E-state index in [1.807, 2.05) is 48.9 Å². The molecule has 0 saturated carbocycles. The van der Waals surface area contributed by atoms with Crippen molar-refractivity contribution in [2.45, 2.75) is 38.0 Å². The number of nitrogens with one attached hydrogen (secondary N) is 2. The van der Waals surface area contributed by atoms with Gasteiger partial charge in [0.15, 0.2) is 11.0 Å². The van der Waals surface area contributed by atoms with Gasteiger partial charge in [0.1, 0.15) is 5.75 Å². The molecule has 2 amide bonds. The number of methoxy groups -OCH3 is 1. The predicted octanol–water partition coefficient (Wildman–Crippen LogP) is 4.57. The number of ether oxygens (including phenoxy) is 1. The zero-order valence-electron chi connectivity index (χ0n) is 20.4. The van der Waals surface area contributed by atoms with Crippen LogP contribution >= 0.6 is 23.5 Å². The van der Waals surface area contributed by atoms with Crippen molar-refractivity contribution in [2.75, 3.05) is 30.2 Å². The highest BCUT2D eigenvalue weighted by atomic mass is 32.2. The van der Waals surface area contributed by atoms with Crippen LogP contribution in [0.2, 0.25) is 0 Å². The summed E-state index contributed by atoms with van der Waals surface area (Å²) in [7, 11) is 1.59. The van der Waals surface area contributed by atoms with E-state index in [1.54, 1.807) is 43.1 Å². The van der Waals surface area contributed by atoms with E-state index >= 15 is 0 Å². The SMILES string of the molecule is CCn1c(SCC(=O)Nc2ccccc2C)nnc1[C@H](CCSC)NC(=O)c1ccc(OC)cc1. The summed E-state index contributed by atoms with van der Waals surface area (Å²) in [4.78, 5) is 25.4. The second kappa shape index (κ2) is 13.2. The smallest absolute Gasteiger partial charge is 0.251 e. The molecule has 8 nitrogen and oxygen atoms in total. The molecule has 1 aromatic heterocycles. The van der Waals surface area contributed by atoms with Gasteiger partial charge in [-0.05, 0) is 68.2 Å². The van der Waals surface area contributed by atoms with E-state index < -0.39 is 0 Å². The monoisotopic (exact) mass is 513 g/mol. The first-order valence-corrected chi connectivity index (χ1v) is 13.7. The number of nitrogens with zero attached hydrogens (tertiary/aromatic N) is 3. The molecule has 0 aliphatic carbocycles. The number of hydrogen-bond acceptors (Lipinski definition) is 7. The number of carbonyl (C=O) groups is 2. The van der Waals surface area contributed by atoms with Gasteiger partial charge in [-0.25, -0.2) is 0 Å². The Hall–Kier alpha value is -2.98. The average molecular weight is 514 g/mol. The van der Waals surface area contributed by atoms with E-state index in [0.29, 0.717) is 35.3 Å². The van der Waals surface area contributed by atoms with Gasteiger partial charge in [-0.3, -0.25) is 9.59 Å². The molecule has 3 rings (SSSR count). The van der Waals surface area contributed by atoms with Gasteiger partial charge in [0.2, 0.25) is 5.91 Å². The Kier molecular flexibility index (Phi) is 10.0. The van der Waals surface area contributed by atoms with E-state index in [1.165, 1.54) is 11.8 Å². The zero-order chi connectivity index (χ0) is 25.2. The lowest BCUT2D eigenvalue weighted by Crippen LogP contribution is -2.31. The maximum atomic E-state index is 12.9. The summed E-state index contributed by atoms with van der Waals surface area (Å²) in [5.74, 6) is 2.15. The summed E-state index contributed by atoms with van der Waals surface area (Å²) >= 11 is 3.04. The molecule has 2 N–H and O–H groups in total. The average Bonchev–Trinajstić information content (AvgIpc) is 3.29. The van der Waals surface area contributed by atoms with Gasteiger partial charge in [0.05, 0.1) is 18.9 Å². The number of thioether (sulfide) groups is 2. The van der Waals surface area contributed by atoms with E-state index in [-0.39, 0.29) is 23.6 Å². The molecular weight excluding hydrogens is 482 g/mol. The highest BCUT2D eigenvalue weighted by Crippen LogP contribution is 2.24. The molecule has 35 heavy (non-hydrogen) atoms. The second-order valence-electron chi connectivity index (χ2n) is 7.77. The highest BCUT2D eigenvalue weighted by Gasteiger charge is 2.23. The summed E-state index contributed by atoms with van der Waals surface area (Å²) in [5.41, 5.74) is 2.35. The number of aryl methyl sites for hydroxylation is 1. The lowest BCUT2D eigenvalue weighted by molar-refractivity contribution is -0.113. The van der Waals surface area contributed by atoms with Crippen LogP contribution < -0.4 is 15.4 Å². The largest absolute Gasteiger partial charge is 0.497 e. The zero-order valence-corrected chi connectivity index (χ0v) is 22.0. The molecule has 0 unspecified atom stereocenters. The molecule has 0 bridgehead atoms. The number of para-hydroxylation sites is 1. The Morgan fingerprint density at radius 1 is 1.11 bits per heavy atom. The maximum absolute atomic E-state index is 12.9. The van der Waals surface area contributed by atoms with Gasteiger partial charge in [-0.1, -0.05) is 30.0 Å². The van der Waals surface area contributed by atoms with Crippen LogP contribution in [0.1, 0.15) is 41.1 Å². The number of hydrogen-bond donors (Lipinski definition) is 2. The Labute approximate surface area is 214 Å². The highest BCUT2D eigenvalue weighted by molar-refractivity contribution is 7.99. The minimum absolute atomic E-state index is 0.108. The van der Waals surface area contributed by atoms with Crippen LogP contribution in [0.15, 0.2) is 53.7 Å². The number of aromatic nitrogens is 3. The molecule has 0 aliphatic rings. The van der Waals surface area contributed by atoms with Crippen LogP contribution in [0.3, 0.4) is 0 Å². The van der Waals surface area contributed by atoms with E-state index in [0.717, 1.165) is 17.0 Å². The van der Waals surface area contributed by atoms with Crippen LogP contribution in [0.4, 0.5) is 5.69 Å². The molecule has 0 spiro atoms. The molecule has 3 aromatic rings. The molecule has 0 saturated heterocycles. The van der Waals surface area contributed by atoms with Gasteiger partial charge < -0.3 is 19.9 Å². The summed E-state index contributed by atoms with van der Waals surface area (Å²) in [6.45, 7) is 4.58. The van der Waals surface area contributed by atoms with Gasteiger partial charge in [-0.2, -0.15) is 11.8 Å². The van der Waals surface area contributed by atoms with E-state index in [9.17, 15) is 9.59 Å². The molecule has 2 aromatic carbocycles. The fraction of sp³-hybridized carbons (Fsp3) is 0.360. The third kappa shape index (κ3) is 7.25. The Morgan fingerprint density at radius 2 is 1.86 bits per heavy atom. The van der Waals surface area contributed by atoms with Crippen molar-refractivity contribution >= 4 is 41.0 Å². The van der Waals surface area contributed by atoms with Gasteiger partial charge in [-0.15, -0.1) is 10.2 Å². The predicted molar refractivity (Wildman–Crippen MR) is 142 cm³/mol. The first-order chi connectivity index (χ1) is 17.0. The molecular formula is C25H31N5O3S2. The lowest BCUT2D eigenvalue weighted by atomic mass is 10.1. The molecule has 186 valence electrons. The maximum Gasteiger partial charge on any atom is 0.251 e. The summed E-state index contributed by atoms with van der Waals surface area (Å²) in [6, 6.07) is 14.4. The minimum Gasteiger partial charge on any atom is -0.497 e. The van der Waals surface area contributed by atoms with Crippen molar-refractivity contribution in [2.24, 2.45) is 0 Å². The molecule has 1 atom stereocenters. The third-order valence-electron chi connectivity index (χ3n) is 5.39. The first-order valence-electron chi connectivity index (χ1n) is 11.3. The summed E-state index contributed by atoms with van der Waals surface area (Å²) < 4.78 is 7.14. The van der Waals surface area contributed by atoms with Crippen molar-refractivity contribution < 1.29 is 14.3 Å². The lowest BCUT2D eigenvalue weighted by Gasteiger charge is -2.19. The topological polar surface area (TPSA) is 98.1 Å². The number of carbonyl (C=O) groups excluding carboxylic acids is 2. The Morgan fingerprint density at radius 3 is 2.51 bits per heavy atom. The third-order valence-corrected chi connectivity index (χ3v) is 7.00. The van der Waals surface area contributed by atoms with Gasteiger partial charge >= 0.3 is 0 Å². The summed E-state index contributed by atoms with van der Waals surface area (Å²) in [6.07, 6.45) is 2.74. The minimum atomic E-state index is -0.306. The number of benzene rings is 2. The normalized spacial score (nSPS) is 11.7. The molecule has 0 fully saturated rings. The Bertz CT molecular complexity index is 1130. The van der Waals surface area contributed by atoms with Crippen LogP contribution in [-0.4, -0.2) is 51.5 Å². The molecule has 0 aliphatic heterocycles. The van der Waals surface area contributed by atoms with Crippen LogP contribution in [0.5, 0.6) is 5.75 Å².